The first-order valence-electron chi connectivity index (χ1n) is 12.0. The monoisotopic (exact) mass is 521 g/mol. The summed E-state index contributed by atoms with van der Waals surface area (Å²) in [6, 6.07) is 21.2. The number of nitro groups is 1. The fourth-order valence-electron chi connectivity index (χ4n) is 4.32. The van der Waals surface area contributed by atoms with E-state index in [2.05, 4.69) is 21.7 Å². The van der Waals surface area contributed by atoms with E-state index in [9.17, 15) is 20.2 Å². The summed E-state index contributed by atoms with van der Waals surface area (Å²) in [5.74, 6) is 0.196. The molecule has 1 amide bonds. The van der Waals surface area contributed by atoms with E-state index in [1.54, 1.807) is 36.4 Å². The van der Waals surface area contributed by atoms with Gasteiger partial charge < -0.3 is 20.1 Å². The Kier molecular flexibility index (Phi) is 6.80. The first-order valence-corrected chi connectivity index (χ1v) is 12.0. The van der Waals surface area contributed by atoms with Crippen LogP contribution >= 0.6 is 0 Å². The molecule has 0 bridgehead atoms. The number of aryl methyl sites for hydroxylation is 1. The number of anilines is 3. The maximum Gasteiger partial charge on any atom is 0.310 e. The Morgan fingerprint density at radius 3 is 2.54 bits per heavy atom. The van der Waals surface area contributed by atoms with Gasteiger partial charge in [-0.05, 0) is 72.1 Å². The van der Waals surface area contributed by atoms with E-state index in [1.165, 1.54) is 13.2 Å². The topological polar surface area (TPSA) is 139 Å². The molecule has 0 saturated heterocycles. The molecule has 10 nitrogen and oxygen atoms in total. The number of carbonyl (C=O) groups is 1. The number of carbonyl (C=O) groups excluding carboxylic acids is 1. The fourth-order valence-corrected chi connectivity index (χ4v) is 4.32. The first-order chi connectivity index (χ1) is 18.9. The van der Waals surface area contributed by atoms with Crippen molar-refractivity contribution >= 4 is 28.7 Å². The highest BCUT2D eigenvalue weighted by Gasteiger charge is 2.21. The molecule has 0 fully saturated rings. The van der Waals surface area contributed by atoms with E-state index in [0.717, 1.165) is 22.5 Å². The van der Waals surface area contributed by atoms with Crippen LogP contribution in [0.1, 0.15) is 27.2 Å². The average Bonchev–Trinajstić information content (AvgIpc) is 3.07. The standard InChI is InChI=1S/C29H23N5O5/c1-17-3-5-21(16-30)29(31-17)39-12-11-18-4-9-23-25(13-18)33-28(35)22-8-6-19(14-24(22)32-23)20-7-10-26(34(36)37)27(15-20)38-2/h3-10,13-15,32H,11-12H2,1-2H3,(H,33,35). The van der Waals surface area contributed by atoms with Gasteiger partial charge in [-0.15, -0.1) is 0 Å². The highest BCUT2D eigenvalue weighted by molar-refractivity contribution is 6.12. The van der Waals surface area contributed by atoms with E-state index < -0.39 is 4.92 Å². The molecular weight excluding hydrogens is 498 g/mol. The lowest BCUT2D eigenvalue weighted by Gasteiger charge is -2.12. The van der Waals surface area contributed by atoms with Crippen LogP contribution < -0.4 is 20.1 Å². The van der Waals surface area contributed by atoms with Crippen LogP contribution in [0.5, 0.6) is 11.6 Å². The fraction of sp³-hybridized carbons (Fsp3) is 0.138. The van der Waals surface area contributed by atoms with Crippen molar-refractivity contribution in [2.75, 3.05) is 24.4 Å². The lowest BCUT2D eigenvalue weighted by Crippen LogP contribution is -2.11. The van der Waals surface area contributed by atoms with Crippen molar-refractivity contribution in [3.05, 3.63) is 99.2 Å². The van der Waals surface area contributed by atoms with E-state index in [-0.39, 0.29) is 17.3 Å². The molecule has 1 aromatic heterocycles. The van der Waals surface area contributed by atoms with Crippen LogP contribution in [0.25, 0.3) is 11.1 Å². The second kappa shape index (κ2) is 10.5. The number of fused-ring (bicyclic) bond motifs is 2. The first kappa shape index (κ1) is 25.2. The maximum absolute atomic E-state index is 13.0. The maximum atomic E-state index is 13.0. The Morgan fingerprint density at radius 1 is 0.974 bits per heavy atom. The van der Waals surface area contributed by atoms with Gasteiger partial charge in [0.05, 0.1) is 41.3 Å². The molecule has 5 rings (SSSR count). The summed E-state index contributed by atoms with van der Waals surface area (Å²) in [7, 11) is 1.38. The second-order valence-corrected chi connectivity index (χ2v) is 8.88. The predicted molar refractivity (Wildman–Crippen MR) is 146 cm³/mol. The van der Waals surface area contributed by atoms with Crippen LogP contribution in [-0.4, -0.2) is 29.5 Å². The van der Waals surface area contributed by atoms with Crippen LogP contribution in [-0.2, 0) is 6.42 Å². The number of amides is 1. The summed E-state index contributed by atoms with van der Waals surface area (Å²) in [6.45, 7) is 2.15. The molecule has 2 heterocycles. The van der Waals surface area contributed by atoms with Crippen LogP contribution in [0, 0.1) is 28.4 Å². The van der Waals surface area contributed by atoms with Gasteiger partial charge in [0, 0.05) is 18.2 Å². The normalized spacial score (nSPS) is 11.7. The molecule has 10 heteroatoms. The number of hydrogen-bond donors (Lipinski definition) is 2. The molecule has 0 aliphatic carbocycles. The third-order valence-corrected chi connectivity index (χ3v) is 6.32. The predicted octanol–water partition coefficient (Wildman–Crippen LogP) is 5.78. The van der Waals surface area contributed by atoms with Gasteiger partial charge in [-0.1, -0.05) is 12.1 Å². The summed E-state index contributed by atoms with van der Waals surface area (Å²) < 4.78 is 11.0. The minimum atomic E-state index is -0.494. The summed E-state index contributed by atoms with van der Waals surface area (Å²) in [4.78, 5) is 28.1. The molecule has 2 N–H and O–H groups in total. The van der Waals surface area contributed by atoms with Gasteiger partial charge >= 0.3 is 5.69 Å². The Morgan fingerprint density at radius 2 is 1.77 bits per heavy atom. The molecule has 39 heavy (non-hydrogen) atoms. The zero-order chi connectivity index (χ0) is 27.5. The van der Waals surface area contributed by atoms with Crippen LogP contribution in [0.4, 0.5) is 22.7 Å². The zero-order valence-electron chi connectivity index (χ0n) is 21.1. The second-order valence-electron chi connectivity index (χ2n) is 8.88. The van der Waals surface area contributed by atoms with E-state index in [4.69, 9.17) is 9.47 Å². The van der Waals surface area contributed by atoms with Crippen LogP contribution in [0.3, 0.4) is 0 Å². The van der Waals surface area contributed by atoms with Crippen molar-refractivity contribution in [2.24, 2.45) is 0 Å². The molecule has 0 atom stereocenters. The van der Waals surface area contributed by atoms with Crippen molar-refractivity contribution < 1.29 is 19.2 Å². The molecule has 0 saturated carbocycles. The van der Waals surface area contributed by atoms with Gasteiger partial charge in [-0.3, -0.25) is 14.9 Å². The number of nitrogens with zero attached hydrogens (tertiary/aromatic N) is 3. The molecular formula is C29H23N5O5. The highest BCUT2D eigenvalue weighted by Crippen LogP contribution is 2.37. The van der Waals surface area contributed by atoms with E-state index >= 15 is 0 Å². The summed E-state index contributed by atoms with van der Waals surface area (Å²) in [5, 5.41) is 26.8. The highest BCUT2D eigenvalue weighted by atomic mass is 16.6. The Balaban J connectivity index is 1.36. The molecule has 194 valence electrons. The molecule has 0 unspecified atom stereocenters. The summed E-state index contributed by atoms with van der Waals surface area (Å²) >= 11 is 0. The van der Waals surface area contributed by atoms with Crippen molar-refractivity contribution in [2.45, 2.75) is 13.3 Å². The number of hydrogen-bond acceptors (Lipinski definition) is 8. The smallest absolute Gasteiger partial charge is 0.310 e. The van der Waals surface area contributed by atoms with Crippen LogP contribution in [0.15, 0.2) is 66.7 Å². The quantitative estimate of drug-likeness (QED) is 0.231. The third kappa shape index (κ3) is 5.19. The Hall–Kier alpha value is -5.43. The van der Waals surface area contributed by atoms with Crippen LogP contribution in [0.2, 0.25) is 0 Å². The molecule has 4 aromatic rings. The number of rotatable bonds is 7. The number of nitrogens with one attached hydrogen (secondary N) is 2. The number of ether oxygens (including phenoxy) is 2. The minimum absolute atomic E-state index is 0.121. The molecule has 0 radical (unpaired) electrons. The van der Waals surface area contributed by atoms with Crippen molar-refractivity contribution in [1.29, 1.82) is 5.26 Å². The minimum Gasteiger partial charge on any atom is -0.490 e. The Labute approximate surface area is 224 Å². The molecule has 1 aliphatic heterocycles. The molecule has 0 spiro atoms. The van der Waals surface area contributed by atoms with Crippen molar-refractivity contribution in [1.82, 2.24) is 4.98 Å². The summed E-state index contributed by atoms with van der Waals surface area (Å²) in [5.41, 5.74) is 5.84. The van der Waals surface area contributed by atoms with E-state index in [0.29, 0.717) is 47.0 Å². The number of pyridine rings is 1. The molecule has 3 aromatic carbocycles. The summed E-state index contributed by atoms with van der Waals surface area (Å²) in [6.07, 6.45) is 0.544. The van der Waals surface area contributed by atoms with Gasteiger partial charge in [0.2, 0.25) is 5.88 Å². The lowest BCUT2D eigenvalue weighted by atomic mass is 10.0. The van der Waals surface area contributed by atoms with Gasteiger partial charge in [0.1, 0.15) is 11.6 Å². The van der Waals surface area contributed by atoms with Gasteiger partial charge in [0.15, 0.2) is 5.75 Å². The van der Waals surface area contributed by atoms with Crippen molar-refractivity contribution in [3.8, 4) is 28.8 Å². The number of aromatic nitrogens is 1. The van der Waals surface area contributed by atoms with Gasteiger partial charge in [-0.2, -0.15) is 5.26 Å². The third-order valence-electron chi connectivity index (χ3n) is 6.32. The Bertz CT molecular complexity index is 1660. The molecule has 1 aliphatic rings. The van der Waals surface area contributed by atoms with Crippen molar-refractivity contribution in [3.63, 3.8) is 0 Å². The number of nitriles is 1. The zero-order valence-corrected chi connectivity index (χ0v) is 21.1. The largest absolute Gasteiger partial charge is 0.490 e. The number of benzene rings is 3. The number of nitro benzene ring substituents is 1. The van der Waals surface area contributed by atoms with E-state index in [1.807, 2.05) is 31.2 Å². The number of methoxy groups -OCH3 is 1. The van der Waals surface area contributed by atoms with Gasteiger partial charge in [0.25, 0.3) is 5.91 Å². The average molecular weight is 522 g/mol. The lowest BCUT2D eigenvalue weighted by molar-refractivity contribution is -0.385. The SMILES string of the molecule is COc1cc(-c2ccc3c(c2)Nc2ccc(CCOc4nc(C)ccc4C#N)cc2NC3=O)ccc1[N+](=O)[O-]. The van der Waals surface area contributed by atoms with Gasteiger partial charge in [-0.25, -0.2) is 4.98 Å².